The molecule has 0 aliphatic carbocycles. The summed E-state index contributed by atoms with van der Waals surface area (Å²) in [6.45, 7) is 0. The average Bonchev–Trinajstić information content (AvgIpc) is 2.31. The first kappa shape index (κ1) is 24.4. The molecule has 0 fully saturated rings. The molecule has 2 aromatic carbocycles. The third kappa shape index (κ3) is 7.53. The molecule has 0 atom stereocenters. The van der Waals surface area contributed by atoms with Crippen LogP contribution in [0.25, 0.3) is 0 Å². The fourth-order valence-corrected chi connectivity index (χ4v) is 1.90. The van der Waals surface area contributed by atoms with Gasteiger partial charge in [0.15, 0.2) is 0 Å². The van der Waals surface area contributed by atoms with Crippen LogP contribution < -0.4 is 113 Å². The molecule has 0 saturated carbocycles. The Bertz CT molecular complexity index is 658. The van der Waals surface area contributed by atoms with E-state index in [1.54, 1.807) is 0 Å². The summed E-state index contributed by atoms with van der Waals surface area (Å²) in [4.78, 5) is -0.379. The summed E-state index contributed by atoms with van der Waals surface area (Å²) < 4.78 is 36.5. The molecular formula is C12H9K2O6S-. The molecular weight excluding hydrogens is 350 g/mol. The van der Waals surface area contributed by atoms with Crippen molar-refractivity contribution in [3.05, 3.63) is 48.5 Å². The van der Waals surface area contributed by atoms with E-state index in [4.69, 9.17) is 9.29 Å². The Morgan fingerprint density at radius 2 is 1.67 bits per heavy atom. The van der Waals surface area contributed by atoms with Crippen molar-refractivity contribution in [3.63, 3.8) is 0 Å². The Morgan fingerprint density at radius 1 is 1.10 bits per heavy atom. The molecule has 2 N–H and O–H groups in total. The zero-order valence-corrected chi connectivity index (χ0v) is 18.5. The maximum atomic E-state index is 11.1. The number of rotatable bonds is 3. The third-order valence-electron chi connectivity index (χ3n) is 2.12. The van der Waals surface area contributed by atoms with Gasteiger partial charge in [-0.1, -0.05) is 12.1 Å². The van der Waals surface area contributed by atoms with Crippen molar-refractivity contribution >= 4 is 10.1 Å². The molecule has 0 aliphatic rings. The SMILES string of the molecule is O=S(=O)(O)c1c[c-]ccc1Oc1ccc([O-])cc1.[K+].[K+].[OH-]. The second-order valence-corrected chi connectivity index (χ2v) is 4.81. The molecule has 2 aromatic rings. The molecule has 0 bridgehead atoms. The molecule has 0 unspecified atom stereocenters. The maximum absolute atomic E-state index is 11.1. The predicted molar refractivity (Wildman–Crippen MR) is 63.0 cm³/mol. The van der Waals surface area contributed by atoms with Crippen LogP contribution in [-0.4, -0.2) is 18.4 Å². The van der Waals surface area contributed by atoms with Gasteiger partial charge >= 0.3 is 103 Å². The van der Waals surface area contributed by atoms with Gasteiger partial charge in [0, 0.05) is 10.6 Å². The van der Waals surface area contributed by atoms with Crippen LogP contribution in [0.2, 0.25) is 0 Å². The first-order valence-electron chi connectivity index (χ1n) is 4.89. The van der Waals surface area contributed by atoms with Crippen LogP contribution in [0, 0.1) is 6.07 Å². The van der Waals surface area contributed by atoms with Crippen molar-refractivity contribution < 1.29 is 131 Å². The molecule has 0 saturated heterocycles. The minimum atomic E-state index is -4.38. The molecule has 21 heavy (non-hydrogen) atoms. The van der Waals surface area contributed by atoms with Crippen LogP contribution in [0.5, 0.6) is 17.2 Å². The molecule has 0 spiro atoms. The molecule has 0 aliphatic heterocycles. The van der Waals surface area contributed by atoms with Gasteiger partial charge < -0.3 is 15.3 Å². The average molecular weight is 359 g/mol. The van der Waals surface area contributed by atoms with Crippen molar-refractivity contribution in [2.24, 2.45) is 0 Å². The van der Waals surface area contributed by atoms with Crippen molar-refractivity contribution in [2.75, 3.05) is 0 Å². The van der Waals surface area contributed by atoms with Crippen molar-refractivity contribution in [2.45, 2.75) is 4.90 Å². The largest absolute Gasteiger partial charge is 1.00 e. The first-order valence-corrected chi connectivity index (χ1v) is 6.33. The molecule has 0 radical (unpaired) electrons. The Hall–Kier alpha value is 1.18. The second-order valence-electron chi connectivity index (χ2n) is 3.42. The number of hydrogen-bond acceptors (Lipinski definition) is 5. The van der Waals surface area contributed by atoms with Gasteiger partial charge in [0.2, 0.25) is 10.1 Å². The molecule has 0 amide bonds. The molecule has 6 nitrogen and oxygen atoms in total. The predicted octanol–water partition coefficient (Wildman–Crippen LogP) is -4.57. The zero-order chi connectivity index (χ0) is 13.2. The maximum Gasteiger partial charge on any atom is 1.00 e. The van der Waals surface area contributed by atoms with Gasteiger partial charge in [0.1, 0.15) is 5.75 Å². The van der Waals surface area contributed by atoms with Gasteiger partial charge in [-0.15, -0.1) is 11.8 Å². The summed E-state index contributed by atoms with van der Waals surface area (Å²) in [7, 11) is -4.38. The van der Waals surface area contributed by atoms with Crippen LogP contribution >= 0.6 is 0 Å². The summed E-state index contributed by atoms with van der Waals surface area (Å²) in [6.07, 6.45) is 0. The van der Waals surface area contributed by atoms with Crippen LogP contribution in [0.4, 0.5) is 0 Å². The zero-order valence-electron chi connectivity index (χ0n) is 11.5. The van der Waals surface area contributed by atoms with E-state index in [1.807, 2.05) is 0 Å². The fraction of sp³-hybridized carbons (Fsp3) is 0. The summed E-state index contributed by atoms with van der Waals surface area (Å²) in [6, 6.07) is 11.8. The van der Waals surface area contributed by atoms with Crippen molar-refractivity contribution in [1.29, 1.82) is 0 Å². The second kappa shape index (κ2) is 10.9. The number of benzene rings is 2. The van der Waals surface area contributed by atoms with E-state index in [1.165, 1.54) is 36.4 Å². The van der Waals surface area contributed by atoms with Crippen molar-refractivity contribution in [1.82, 2.24) is 0 Å². The number of ether oxygens (including phenoxy) is 1. The van der Waals surface area contributed by atoms with E-state index < -0.39 is 10.1 Å². The van der Waals surface area contributed by atoms with Crippen LogP contribution in [-0.2, 0) is 10.1 Å². The van der Waals surface area contributed by atoms with E-state index in [0.29, 0.717) is 5.75 Å². The summed E-state index contributed by atoms with van der Waals surface area (Å²) in [5.41, 5.74) is 0. The Balaban J connectivity index is 0. The first-order chi connectivity index (χ1) is 8.47. The van der Waals surface area contributed by atoms with E-state index in [9.17, 15) is 13.5 Å². The molecule has 9 heteroatoms. The Labute approximate surface area is 207 Å². The Morgan fingerprint density at radius 3 is 2.19 bits per heavy atom. The quantitative estimate of drug-likeness (QED) is 0.335. The van der Waals surface area contributed by atoms with Crippen LogP contribution in [0.3, 0.4) is 0 Å². The monoisotopic (exact) mass is 359 g/mol. The van der Waals surface area contributed by atoms with Gasteiger partial charge in [-0.3, -0.25) is 4.55 Å². The molecule has 102 valence electrons. The van der Waals surface area contributed by atoms with E-state index in [-0.39, 0.29) is 125 Å². The third-order valence-corrected chi connectivity index (χ3v) is 2.99. The topological polar surface area (TPSA) is 117 Å². The molecule has 0 aromatic heterocycles. The van der Waals surface area contributed by atoms with Gasteiger partial charge in [0.05, 0.1) is 0 Å². The fourth-order valence-electron chi connectivity index (χ4n) is 1.32. The summed E-state index contributed by atoms with van der Waals surface area (Å²) in [5, 5.41) is 10.9. The van der Waals surface area contributed by atoms with Gasteiger partial charge in [-0.25, -0.2) is 8.42 Å². The smallest absolute Gasteiger partial charge is 0.872 e. The van der Waals surface area contributed by atoms with Gasteiger partial charge in [-0.05, 0) is 12.1 Å². The normalized spacial score (nSPS) is 9.57. The molecule has 0 heterocycles. The van der Waals surface area contributed by atoms with Gasteiger partial charge in [0.25, 0.3) is 0 Å². The van der Waals surface area contributed by atoms with Crippen LogP contribution in [0.15, 0.2) is 47.4 Å². The minimum Gasteiger partial charge on any atom is -0.872 e. The summed E-state index contributed by atoms with van der Waals surface area (Å²) >= 11 is 0. The Kier molecular flexibility index (Phi) is 12.6. The summed E-state index contributed by atoms with van der Waals surface area (Å²) in [5.74, 6) is 0.0827. The van der Waals surface area contributed by atoms with Crippen molar-refractivity contribution in [3.8, 4) is 17.2 Å². The minimum absolute atomic E-state index is 0. The van der Waals surface area contributed by atoms with E-state index >= 15 is 0 Å². The standard InChI is InChI=1S/C12H9O5S.2K.H2O/c13-9-5-7-10(8-6-9)17-11-3-1-2-4-12(11)18(14,15)16;;;/h1,3-8,13H,(H,14,15,16);;;1H2/q-1;2*+1;/p-2. The number of hydrogen-bond donors (Lipinski definition) is 1. The van der Waals surface area contributed by atoms with E-state index in [2.05, 4.69) is 6.07 Å². The van der Waals surface area contributed by atoms with Crippen LogP contribution in [0.1, 0.15) is 0 Å². The van der Waals surface area contributed by atoms with Gasteiger partial charge in [-0.2, -0.15) is 18.2 Å². The molecule has 2 rings (SSSR count). The van der Waals surface area contributed by atoms with E-state index in [0.717, 1.165) is 6.07 Å².